The van der Waals surface area contributed by atoms with E-state index in [0.717, 1.165) is 0 Å². The quantitative estimate of drug-likeness (QED) is 0.774. The Hall–Kier alpha value is -1.11. The summed E-state index contributed by atoms with van der Waals surface area (Å²) >= 11 is 3.10. The van der Waals surface area contributed by atoms with Gasteiger partial charge >= 0.3 is 12.3 Å². The molecule has 0 N–H and O–H groups in total. The number of Topliss-reactive ketones (excluding diaryl/α,β-unsaturated/α-hetero) is 1. The van der Waals surface area contributed by atoms with Gasteiger partial charge in [0.05, 0.1) is 11.6 Å². The second-order valence-electron chi connectivity index (χ2n) is 3.49. The molecular weight excluding hydrogens is 320 g/mol. The van der Waals surface area contributed by atoms with Gasteiger partial charge in [0.1, 0.15) is 5.75 Å². The molecule has 18 heavy (non-hydrogen) atoms. The highest BCUT2D eigenvalue weighted by molar-refractivity contribution is 9.10. The number of alkyl halides is 4. The van der Waals surface area contributed by atoms with Crippen molar-refractivity contribution in [2.75, 3.05) is 7.11 Å². The lowest BCUT2D eigenvalue weighted by Gasteiger charge is -2.14. The van der Waals surface area contributed by atoms with E-state index in [-0.39, 0.29) is 5.56 Å². The molecule has 0 saturated carbocycles. The number of ketones is 1. The maximum absolute atomic E-state index is 12.7. The molecule has 2 nitrogen and oxygen atoms in total. The van der Waals surface area contributed by atoms with Crippen LogP contribution < -0.4 is 4.74 Å². The molecule has 1 rings (SSSR count). The zero-order valence-electron chi connectivity index (χ0n) is 9.22. The minimum Gasteiger partial charge on any atom is -0.496 e. The first-order chi connectivity index (χ1) is 8.28. The summed E-state index contributed by atoms with van der Waals surface area (Å²) in [5.74, 6) is -5.98. The van der Waals surface area contributed by atoms with Crippen LogP contribution in [0.15, 0.2) is 22.7 Å². The van der Waals surface area contributed by atoms with Gasteiger partial charge in [0.25, 0.3) is 0 Å². The van der Waals surface area contributed by atoms with E-state index >= 15 is 0 Å². The van der Waals surface area contributed by atoms with Gasteiger partial charge in [-0.15, -0.1) is 0 Å². The lowest BCUT2D eigenvalue weighted by Crippen LogP contribution is -2.37. The van der Waals surface area contributed by atoms with Gasteiger partial charge in [-0.2, -0.15) is 8.78 Å². The molecule has 100 valence electrons. The van der Waals surface area contributed by atoms with Gasteiger partial charge in [0.2, 0.25) is 5.78 Å². The van der Waals surface area contributed by atoms with E-state index in [9.17, 15) is 22.4 Å². The predicted molar refractivity (Wildman–Crippen MR) is 60.4 cm³/mol. The van der Waals surface area contributed by atoms with Crippen molar-refractivity contribution < 1.29 is 27.1 Å². The summed E-state index contributed by atoms with van der Waals surface area (Å²) in [6.45, 7) is 0. The van der Waals surface area contributed by atoms with Gasteiger partial charge in [-0.25, -0.2) is 8.78 Å². The van der Waals surface area contributed by atoms with Crippen LogP contribution in [-0.4, -0.2) is 25.2 Å². The molecule has 0 amide bonds. The van der Waals surface area contributed by atoms with E-state index in [4.69, 9.17) is 4.74 Å². The molecule has 0 heterocycles. The zero-order valence-corrected chi connectivity index (χ0v) is 10.8. The normalized spacial score (nSPS) is 11.7. The van der Waals surface area contributed by atoms with Crippen molar-refractivity contribution >= 4 is 21.7 Å². The molecule has 0 radical (unpaired) electrons. The molecule has 0 aliphatic carbocycles. The lowest BCUT2D eigenvalue weighted by atomic mass is 10.0. The van der Waals surface area contributed by atoms with Gasteiger partial charge in [-0.3, -0.25) is 4.79 Å². The second kappa shape index (κ2) is 5.69. The summed E-state index contributed by atoms with van der Waals surface area (Å²) in [5, 5.41) is 0. The minimum atomic E-state index is -4.62. The van der Waals surface area contributed by atoms with Crippen LogP contribution in [-0.2, 0) is 11.2 Å². The molecule has 0 unspecified atom stereocenters. The maximum Gasteiger partial charge on any atom is 0.364 e. The Kier molecular flexibility index (Phi) is 4.72. The summed E-state index contributed by atoms with van der Waals surface area (Å²) in [5.41, 5.74) is 0.202. The summed E-state index contributed by atoms with van der Waals surface area (Å²) < 4.78 is 54.8. The monoisotopic (exact) mass is 328 g/mol. The highest BCUT2D eigenvalue weighted by Crippen LogP contribution is 2.28. The number of rotatable bonds is 5. The second-order valence-corrected chi connectivity index (χ2v) is 4.35. The van der Waals surface area contributed by atoms with Gasteiger partial charge in [-0.1, -0.05) is 6.07 Å². The third kappa shape index (κ3) is 3.22. The summed E-state index contributed by atoms with van der Waals surface area (Å²) in [6, 6.07) is 4.19. The predicted octanol–water partition coefficient (Wildman–Crippen LogP) is 3.47. The molecular formula is C11H9BrF4O2. The fourth-order valence-electron chi connectivity index (χ4n) is 1.24. The maximum atomic E-state index is 12.7. The Morgan fingerprint density at radius 1 is 1.44 bits per heavy atom. The number of hydrogen-bond acceptors (Lipinski definition) is 2. The zero-order chi connectivity index (χ0) is 13.9. The van der Waals surface area contributed by atoms with Crippen LogP contribution in [0.4, 0.5) is 17.6 Å². The Balaban J connectivity index is 2.86. The largest absolute Gasteiger partial charge is 0.496 e. The van der Waals surface area contributed by atoms with E-state index in [1.165, 1.54) is 25.3 Å². The summed E-state index contributed by atoms with van der Waals surface area (Å²) in [4.78, 5) is 11.1. The summed E-state index contributed by atoms with van der Waals surface area (Å²) in [6.07, 6.45) is -4.76. The molecule has 0 saturated heterocycles. The van der Waals surface area contributed by atoms with Gasteiger partial charge in [-0.05, 0) is 33.6 Å². The van der Waals surface area contributed by atoms with Crippen LogP contribution in [0.25, 0.3) is 0 Å². The van der Waals surface area contributed by atoms with Crippen molar-refractivity contribution in [1.29, 1.82) is 0 Å². The summed E-state index contributed by atoms with van der Waals surface area (Å²) in [7, 11) is 1.41. The number of benzene rings is 1. The van der Waals surface area contributed by atoms with Crippen molar-refractivity contribution in [2.45, 2.75) is 18.8 Å². The third-order valence-electron chi connectivity index (χ3n) is 2.23. The molecule has 7 heteroatoms. The third-order valence-corrected chi connectivity index (χ3v) is 2.85. The average Bonchev–Trinajstić information content (AvgIpc) is 2.28. The molecule has 0 fully saturated rings. The van der Waals surface area contributed by atoms with Crippen LogP contribution in [0, 0.1) is 0 Å². The Bertz CT molecular complexity index is 449. The average molecular weight is 329 g/mol. The highest BCUT2D eigenvalue weighted by Gasteiger charge is 2.47. The first-order valence-corrected chi connectivity index (χ1v) is 5.60. The molecule has 0 aliphatic heterocycles. The molecule has 1 aromatic rings. The van der Waals surface area contributed by atoms with Crippen LogP contribution >= 0.6 is 15.9 Å². The molecule has 0 aromatic heterocycles. The van der Waals surface area contributed by atoms with Gasteiger partial charge in [0, 0.05) is 6.42 Å². The number of carbonyl (C=O) groups is 1. The standard InChI is InChI=1S/C11H9BrF4O2/c1-18-8-3-2-6(4-7(8)12)5-9(17)11(15,16)10(13)14/h2-4,10H,5H2,1H3. The van der Waals surface area contributed by atoms with E-state index in [2.05, 4.69) is 15.9 Å². The van der Waals surface area contributed by atoms with Crippen molar-refractivity contribution in [2.24, 2.45) is 0 Å². The van der Waals surface area contributed by atoms with Crippen LogP contribution in [0.1, 0.15) is 5.56 Å². The van der Waals surface area contributed by atoms with E-state index < -0.39 is 24.6 Å². The molecule has 0 spiro atoms. The number of halogens is 5. The SMILES string of the molecule is COc1ccc(CC(=O)C(F)(F)C(F)F)cc1Br. The fourth-order valence-corrected chi connectivity index (χ4v) is 1.83. The topological polar surface area (TPSA) is 26.3 Å². The number of methoxy groups -OCH3 is 1. The minimum absolute atomic E-state index is 0.202. The molecule has 0 aliphatic rings. The number of carbonyl (C=O) groups excluding carboxylic acids is 1. The van der Waals surface area contributed by atoms with E-state index in [1.54, 1.807) is 0 Å². The first-order valence-electron chi connectivity index (χ1n) is 4.80. The van der Waals surface area contributed by atoms with Crippen molar-refractivity contribution in [3.05, 3.63) is 28.2 Å². The van der Waals surface area contributed by atoms with Crippen molar-refractivity contribution in [1.82, 2.24) is 0 Å². The highest BCUT2D eigenvalue weighted by atomic mass is 79.9. The molecule has 0 bridgehead atoms. The number of hydrogen-bond donors (Lipinski definition) is 0. The van der Waals surface area contributed by atoms with Crippen LogP contribution in [0.5, 0.6) is 5.75 Å². The Labute approximate surface area is 109 Å². The molecule has 1 aromatic carbocycles. The smallest absolute Gasteiger partial charge is 0.364 e. The van der Waals surface area contributed by atoms with Crippen molar-refractivity contribution in [3.8, 4) is 5.75 Å². The van der Waals surface area contributed by atoms with Gasteiger partial charge in [0.15, 0.2) is 0 Å². The lowest BCUT2D eigenvalue weighted by molar-refractivity contribution is -0.166. The van der Waals surface area contributed by atoms with E-state index in [0.29, 0.717) is 10.2 Å². The Morgan fingerprint density at radius 2 is 2.06 bits per heavy atom. The van der Waals surface area contributed by atoms with Gasteiger partial charge < -0.3 is 4.74 Å². The first kappa shape index (κ1) is 14.9. The van der Waals surface area contributed by atoms with Crippen LogP contribution in [0.3, 0.4) is 0 Å². The fraction of sp³-hybridized carbons (Fsp3) is 0.364. The van der Waals surface area contributed by atoms with E-state index in [1.807, 2.05) is 0 Å². The number of ether oxygens (including phenoxy) is 1. The van der Waals surface area contributed by atoms with Crippen molar-refractivity contribution in [3.63, 3.8) is 0 Å². The van der Waals surface area contributed by atoms with Crippen LogP contribution in [0.2, 0.25) is 0 Å². The Morgan fingerprint density at radius 3 is 2.50 bits per heavy atom. The molecule has 0 atom stereocenters.